The maximum Gasteiger partial charge on any atom is 2.00 e. The topological polar surface area (TPSA) is 255 Å². The van der Waals surface area contributed by atoms with E-state index in [9.17, 15) is 67.4 Å². The van der Waals surface area contributed by atoms with Crippen LogP contribution in [0, 0.1) is 23.3 Å². The molecule has 4 aromatic heterocycles. The molecule has 4 heterocycles. The molecule has 8 rings (SSSR count). The number of carbonyl (C=O) groups is 4. The van der Waals surface area contributed by atoms with Crippen molar-refractivity contribution in [3.63, 3.8) is 0 Å². The van der Waals surface area contributed by atoms with Gasteiger partial charge in [-0.2, -0.15) is 0 Å². The van der Waals surface area contributed by atoms with E-state index in [1.165, 1.54) is 60.7 Å². The molecule has 0 fully saturated rings. The molecule has 0 aliphatic rings. The Morgan fingerprint density at radius 2 is 0.824 bits per heavy atom. The monoisotopic (exact) mass is 1190 g/mol. The summed E-state index contributed by atoms with van der Waals surface area (Å²) in [6, 6.07) is 29.8. The molecule has 0 saturated carbocycles. The number of amides is 2. The maximum absolute atomic E-state index is 14.0. The average molecular weight is 1190 g/mol. The van der Waals surface area contributed by atoms with E-state index in [-0.39, 0.29) is 99.7 Å². The Balaban J connectivity index is 0.000000269. The van der Waals surface area contributed by atoms with Crippen molar-refractivity contribution in [2.24, 2.45) is 0 Å². The Labute approximate surface area is 518 Å². The van der Waals surface area contributed by atoms with Crippen molar-refractivity contribution < 1.29 is 67.4 Å². The van der Waals surface area contributed by atoms with Gasteiger partial charge in [-0.05, 0) is 169 Å². The standard InChI is InChI=1S/2C32H33F2N3O5.Ca/c2*1-19(2)30-29(32(42)36-24-5-3-4-23(34)16-24)28(20-10-13-35-14-11-20)31(21-6-8-22(33)9-7-21)37(30)15-12-25(38)17-26(39)18-27(40)41;/h2*3-11,13-14,16,19,25-26,38-39H,12,15,17-18H2,1-2H3,(H,36,42)(H,40,41);/q;;+2/p-2/t2*25-,26-;/m11./s1. The third-order valence-electron chi connectivity index (χ3n) is 13.8. The van der Waals surface area contributed by atoms with Crippen LogP contribution >= 0.6 is 0 Å². The average Bonchev–Trinajstić information content (AvgIpc) is 1.86. The van der Waals surface area contributed by atoms with Gasteiger partial charge in [0, 0.05) is 96.5 Å². The molecule has 2 amide bonds. The SMILES string of the molecule is CC(C)c1c(C(=O)Nc2cccc(F)c2)c(-c2ccncc2)c(-c2ccc(F)cc2)n1CC[C@@H](O)C[C@@H](O)CC(=O)[O-].CC(C)c1c(C(=O)Nc2cccc(F)c2)c(-c2ccncc2)c(-c2ccc(F)cc2)n1CC[C@@H](O)C[C@@H](O)CC(=O)[O-].[Ca+2]. The van der Waals surface area contributed by atoms with E-state index >= 15 is 0 Å². The number of hydrogen-bond acceptors (Lipinski definition) is 12. The fourth-order valence-electron chi connectivity index (χ4n) is 10.3. The Morgan fingerprint density at radius 1 is 0.482 bits per heavy atom. The van der Waals surface area contributed by atoms with E-state index in [1.54, 1.807) is 85.5 Å². The molecule has 0 radical (unpaired) electrons. The Hall–Kier alpha value is -7.56. The van der Waals surface area contributed by atoms with Gasteiger partial charge in [0.05, 0.1) is 46.9 Å². The van der Waals surface area contributed by atoms with Gasteiger partial charge in [0.15, 0.2) is 0 Å². The summed E-state index contributed by atoms with van der Waals surface area (Å²) in [5, 5.41) is 68.7. The maximum atomic E-state index is 14.0. The molecular weight excluding hydrogens is 1130 g/mol. The summed E-state index contributed by atoms with van der Waals surface area (Å²) < 4.78 is 59.7. The molecule has 85 heavy (non-hydrogen) atoms. The van der Waals surface area contributed by atoms with Crippen molar-refractivity contribution in [1.82, 2.24) is 19.1 Å². The number of hydrogen-bond donors (Lipinski definition) is 6. The quantitative estimate of drug-likeness (QED) is 0.0246. The molecule has 0 spiro atoms. The van der Waals surface area contributed by atoms with Gasteiger partial charge in [0.2, 0.25) is 0 Å². The number of carboxylic acids is 2. The van der Waals surface area contributed by atoms with Crippen molar-refractivity contribution in [1.29, 1.82) is 0 Å². The molecule has 8 aromatic rings. The molecule has 0 saturated heterocycles. The summed E-state index contributed by atoms with van der Waals surface area (Å²) in [5.41, 5.74) is 7.27. The summed E-state index contributed by atoms with van der Waals surface area (Å²) in [6.45, 7) is 8.02. The van der Waals surface area contributed by atoms with Crippen LogP contribution in [0.2, 0.25) is 0 Å². The number of carbonyl (C=O) groups excluding carboxylic acids is 4. The summed E-state index contributed by atoms with van der Waals surface area (Å²) in [4.78, 5) is 58.0. The van der Waals surface area contributed by atoms with Crippen molar-refractivity contribution in [2.75, 3.05) is 10.6 Å². The van der Waals surface area contributed by atoms with Gasteiger partial charge in [-0.25, -0.2) is 17.6 Å². The van der Waals surface area contributed by atoms with Crippen LogP contribution in [0.15, 0.2) is 146 Å². The molecule has 0 bridgehead atoms. The van der Waals surface area contributed by atoms with Crippen molar-refractivity contribution in [3.8, 4) is 44.8 Å². The third-order valence-corrected chi connectivity index (χ3v) is 13.8. The van der Waals surface area contributed by atoms with E-state index < -0.39 is 84.3 Å². The molecule has 4 aromatic carbocycles. The Morgan fingerprint density at radius 3 is 1.13 bits per heavy atom. The minimum absolute atomic E-state index is 0. The van der Waals surface area contributed by atoms with E-state index in [2.05, 4.69) is 20.6 Å². The number of halogens is 4. The second kappa shape index (κ2) is 31.0. The van der Waals surface area contributed by atoms with Crippen molar-refractivity contribution in [3.05, 3.63) is 192 Å². The molecule has 0 unspecified atom stereocenters. The minimum Gasteiger partial charge on any atom is -0.550 e. The number of aromatic nitrogens is 4. The number of carboxylic acid groups (broad SMARTS) is 2. The number of aliphatic hydroxyl groups excluding tert-OH is 4. The van der Waals surface area contributed by atoms with Gasteiger partial charge in [-0.15, -0.1) is 0 Å². The van der Waals surface area contributed by atoms with Gasteiger partial charge < -0.3 is 60.0 Å². The van der Waals surface area contributed by atoms with Gasteiger partial charge in [0.25, 0.3) is 11.8 Å². The predicted molar refractivity (Wildman–Crippen MR) is 310 cm³/mol. The number of anilines is 2. The predicted octanol–water partition coefficient (Wildman–Crippen LogP) is 8.65. The molecule has 4 atom stereocenters. The fourth-order valence-corrected chi connectivity index (χ4v) is 10.3. The van der Waals surface area contributed by atoms with Gasteiger partial charge in [-0.1, -0.05) is 39.8 Å². The molecule has 16 nitrogen and oxygen atoms in total. The Kier molecular flexibility index (Phi) is 24.3. The van der Waals surface area contributed by atoms with Gasteiger partial charge in [-0.3, -0.25) is 19.6 Å². The normalized spacial score (nSPS) is 12.6. The van der Waals surface area contributed by atoms with Crippen LogP contribution in [-0.2, 0) is 22.7 Å². The number of nitrogens with one attached hydrogen (secondary N) is 2. The number of aliphatic hydroxyl groups is 4. The summed E-state index contributed by atoms with van der Waals surface area (Å²) in [7, 11) is 0. The van der Waals surface area contributed by atoms with Crippen molar-refractivity contribution >= 4 is 72.9 Å². The number of benzene rings is 4. The molecule has 440 valence electrons. The van der Waals surface area contributed by atoms with Gasteiger partial charge in [0.1, 0.15) is 23.3 Å². The molecular formula is C64H64CaF4N6O10. The second-order valence-corrected chi connectivity index (χ2v) is 20.8. The van der Waals surface area contributed by atoms with Crippen LogP contribution in [-0.4, -0.2) is 125 Å². The molecule has 21 heteroatoms. The summed E-state index contributed by atoms with van der Waals surface area (Å²) in [5.74, 6) is -6.13. The molecule has 0 aliphatic carbocycles. The van der Waals surface area contributed by atoms with Crippen LogP contribution in [0.25, 0.3) is 44.8 Å². The van der Waals surface area contributed by atoms with Crippen LogP contribution in [0.5, 0.6) is 0 Å². The Bertz CT molecular complexity index is 3320. The first-order valence-electron chi connectivity index (χ1n) is 27.2. The number of pyridine rings is 2. The van der Waals surface area contributed by atoms with Crippen molar-refractivity contribution in [2.45, 2.75) is 116 Å². The van der Waals surface area contributed by atoms with E-state index in [0.29, 0.717) is 67.3 Å². The smallest absolute Gasteiger partial charge is 0.550 e. The van der Waals surface area contributed by atoms with Crippen LogP contribution in [0.3, 0.4) is 0 Å². The zero-order chi connectivity index (χ0) is 60.8. The molecule has 6 N–H and O–H groups in total. The number of aliphatic carboxylic acids is 2. The first kappa shape index (κ1) is 66.6. The van der Waals surface area contributed by atoms with E-state index in [1.807, 2.05) is 36.8 Å². The van der Waals surface area contributed by atoms with E-state index in [0.717, 1.165) is 0 Å². The first-order valence-corrected chi connectivity index (χ1v) is 27.2. The summed E-state index contributed by atoms with van der Waals surface area (Å²) in [6.07, 6.45) is 0.357. The fraction of sp³-hybridized carbons (Fsp3) is 0.281. The van der Waals surface area contributed by atoms with Crippen LogP contribution in [0.1, 0.15) is 110 Å². The molecule has 0 aliphatic heterocycles. The number of nitrogens with zero attached hydrogens (tertiary/aromatic N) is 4. The van der Waals surface area contributed by atoms with Gasteiger partial charge >= 0.3 is 37.7 Å². The van der Waals surface area contributed by atoms with E-state index in [4.69, 9.17) is 0 Å². The van der Waals surface area contributed by atoms with Crippen LogP contribution in [0.4, 0.5) is 28.9 Å². The zero-order valence-electron chi connectivity index (χ0n) is 47.2. The third kappa shape index (κ3) is 17.8. The van der Waals surface area contributed by atoms with Crippen LogP contribution < -0.4 is 20.8 Å². The largest absolute Gasteiger partial charge is 2.00 e. The summed E-state index contributed by atoms with van der Waals surface area (Å²) >= 11 is 0. The number of rotatable bonds is 24. The zero-order valence-corrected chi connectivity index (χ0v) is 49.4. The first-order chi connectivity index (χ1) is 40.1. The minimum atomic E-state index is -1.42. The second-order valence-electron chi connectivity index (χ2n) is 20.8.